The summed E-state index contributed by atoms with van der Waals surface area (Å²) >= 11 is 0. The molecule has 2 N–H and O–H groups in total. The Bertz CT molecular complexity index is 1030. The van der Waals surface area contributed by atoms with Gasteiger partial charge in [-0.1, -0.05) is 36.4 Å². The molecule has 2 aromatic rings. The molecule has 5 rings (SSSR count). The molecule has 0 saturated carbocycles. The number of benzene rings is 2. The van der Waals surface area contributed by atoms with Crippen LogP contribution in [0.1, 0.15) is 51.9 Å². The van der Waals surface area contributed by atoms with Crippen molar-refractivity contribution < 1.29 is 14.4 Å². The number of imide groups is 1. The average Bonchev–Trinajstić information content (AvgIpc) is 3.08. The third-order valence-electron chi connectivity index (χ3n) is 6.53. The van der Waals surface area contributed by atoms with Gasteiger partial charge in [0.15, 0.2) is 0 Å². The van der Waals surface area contributed by atoms with E-state index in [1.54, 1.807) is 4.90 Å². The highest BCUT2D eigenvalue weighted by atomic mass is 16.2. The van der Waals surface area contributed by atoms with E-state index < -0.39 is 6.04 Å². The summed E-state index contributed by atoms with van der Waals surface area (Å²) in [7, 11) is 0. The third kappa shape index (κ3) is 3.52. The first-order chi connectivity index (χ1) is 14.6. The lowest BCUT2D eigenvalue weighted by Gasteiger charge is -2.29. The van der Waals surface area contributed by atoms with Gasteiger partial charge >= 0.3 is 0 Å². The fraction of sp³-hybridized carbons (Fsp3) is 0.375. The van der Waals surface area contributed by atoms with Crippen LogP contribution in [0.25, 0.3) is 0 Å². The Morgan fingerprint density at radius 2 is 1.80 bits per heavy atom. The van der Waals surface area contributed by atoms with Crippen LogP contribution in [0.4, 0.5) is 0 Å². The molecule has 2 aromatic carbocycles. The van der Waals surface area contributed by atoms with Crippen molar-refractivity contribution in [1.29, 1.82) is 0 Å². The first kappa shape index (κ1) is 19.0. The zero-order valence-corrected chi connectivity index (χ0v) is 16.8. The molecule has 1 aliphatic carbocycles. The van der Waals surface area contributed by atoms with Crippen molar-refractivity contribution in [2.45, 2.75) is 57.3 Å². The van der Waals surface area contributed by atoms with Crippen molar-refractivity contribution in [1.82, 2.24) is 15.5 Å². The standard InChI is InChI=1S/C24H25N3O3/c28-22-10-9-21(23(29)26-22)27-14-18-11-15(5-8-20(18)24(27)30)13-25-19-7-6-16-3-1-2-4-17(16)12-19/h1-5,8,11,19,21,25H,6-7,9-10,12-14H2,(H,26,28,29)/t19-,21?/m1/s1. The lowest BCUT2D eigenvalue weighted by molar-refractivity contribution is -0.136. The van der Waals surface area contributed by atoms with Crippen LogP contribution in [0.3, 0.4) is 0 Å². The van der Waals surface area contributed by atoms with Gasteiger partial charge in [0.25, 0.3) is 5.91 Å². The van der Waals surface area contributed by atoms with Crippen LogP contribution in [-0.4, -0.2) is 34.7 Å². The largest absolute Gasteiger partial charge is 0.322 e. The maximum Gasteiger partial charge on any atom is 0.255 e. The van der Waals surface area contributed by atoms with Crippen LogP contribution >= 0.6 is 0 Å². The molecule has 0 radical (unpaired) electrons. The SMILES string of the molecule is O=C1CCC(N2Cc3cc(CN[C@@H]4CCc5ccccc5C4)ccc3C2=O)C(=O)N1. The van der Waals surface area contributed by atoms with Crippen LogP contribution in [0.15, 0.2) is 42.5 Å². The smallest absolute Gasteiger partial charge is 0.255 e. The predicted molar refractivity (Wildman–Crippen MR) is 112 cm³/mol. The molecule has 3 aliphatic rings. The Hall–Kier alpha value is -2.99. The van der Waals surface area contributed by atoms with Gasteiger partial charge in [0.05, 0.1) is 0 Å². The van der Waals surface area contributed by atoms with Gasteiger partial charge in [-0.25, -0.2) is 0 Å². The third-order valence-corrected chi connectivity index (χ3v) is 6.53. The van der Waals surface area contributed by atoms with E-state index in [0.29, 0.717) is 24.6 Å². The number of carbonyl (C=O) groups excluding carboxylic acids is 3. The van der Waals surface area contributed by atoms with Crippen LogP contribution in [-0.2, 0) is 35.5 Å². The molecule has 30 heavy (non-hydrogen) atoms. The number of nitrogens with one attached hydrogen (secondary N) is 2. The lowest BCUT2D eigenvalue weighted by atomic mass is 9.88. The quantitative estimate of drug-likeness (QED) is 0.767. The minimum atomic E-state index is -0.563. The number of carbonyl (C=O) groups is 3. The topological polar surface area (TPSA) is 78.5 Å². The van der Waals surface area contributed by atoms with E-state index in [4.69, 9.17) is 0 Å². The van der Waals surface area contributed by atoms with Gasteiger partial charge in [0.1, 0.15) is 6.04 Å². The molecule has 1 unspecified atom stereocenters. The molecule has 2 atom stereocenters. The highest BCUT2D eigenvalue weighted by Crippen LogP contribution is 2.28. The highest BCUT2D eigenvalue weighted by Gasteiger charge is 2.39. The van der Waals surface area contributed by atoms with E-state index in [1.807, 2.05) is 12.1 Å². The zero-order chi connectivity index (χ0) is 20.7. The number of aryl methyl sites for hydroxylation is 1. The summed E-state index contributed by atoms with van der Waals surface area (Å²) in [4.78, 5) is 38.0. The number of rotatable bonds is 4. The normalized spacial score (nSPS) is 23.2. The molecule has 0 bridgehead atoms. The molecule has 2 aliphatic heterocycles. The second-order valence-corrected chi connectivity index (χ2v) is 8.48. The van der Waals surface area contributed by atoms with E-state index in [9.17, 15) is 14.4 Å². The summed E-state index contributed by atoms with van der Waals surface area (Å²) in [6.45, 7) is 1.18. The number of hydrogen-bond acceptors (Lipinski definition) is 4. The number of fused-ring (bicyclic) bond motifs is 2. The number of piperidine rings is 1. The van der Waals surface area contributed by atoms with Crippen LogP contribution in [0, 0.1) is 0 Å². The first-order valence-corrected chi connectivity index (χ1v) is 10.6. The number of hydrogen-bond donors (Lipinski definition) is 2. The molecule has 2 heterocycles. The molecule has 6 heteroatoms. The Balaban J connectivity index is 1.24. The fourth-order valence-electron chi connectivity index (χ4n) is 4.87. The van der Waals surface area contributed by atoms with E-state index in [1.165, 1.54) is 11.1 Å². The first-order valence-electron chi connectivity index (χ1n) is 10.6. The van der Waals surface area contributed by atoms with Crippen molar-refractivity contribution in [2.24, 2.45) is 0 Å². The van der Waals surface area contributed by atoms with Gasteiger partial charge in [0.2, 0.25) is 11.8 Å². The fourth-order valence-corrected chi connectivity index (χ4v) is 4.87. The molecule has 3 amide bonds. The number of amides is 3. The highest BCUT2D eigenvalue weighted by molar-refractivity contribution is 6.05. The van der Waals surface area contributed by atoms with Crippen LogP contribution < -0.4 is 10.6 Å². The maximum atomic E-state index is 12.8. The van der Waals surface area contributed by atoms with Gasteiger partial charge in [-0.05, 0) is 54.0 Å². The van der Waals surface area contributed by atoms with Crippen molar-refractivity contribution in [3.63, 3.8) is 0 Å². The maximum absolute atomic E-state index is 12.8. The van der Waals surface area contributed by atoms with Crippen molar-refractivity contribution in [3.8, 4) is 0 Å². The summed E-state index contributed by atoms with van der Waals surface area (Å²) in [5.74, 6) is -0.756. The molecule has 1 fully saturated rings. The van der Waals surface area contributed by atoms with Gasteiger partial charge in [-0.15, -0.1) is 0 Å². The number of nitrogens with zero attached hydrogens (tertiary/aromatic N) is 1. The molecular formula is C24H25N3O3. The van der Waals surface area contributed by atoms with Crippen molar-refractivity contribution in [3.05, 3.63) is 70.3 Å². The Kier molecular flexibility index (Phi) is 4.87. The zero-order valence-electron chi connectivity index (χ0n) is 16.8. The minimum absolute atomic E-state index is 0.122. The average molecular weight is 403 g/mol. The lowest BCUT2D eigenvalue weighted by Crippen LogP contribution is -2.52. The van der Waals surface area contributed by atoms with Crippen molar-refractivity contribution >= 4 is 17.7 Å². The Morgan fingerprint density at radius 3 is 2.63 bits per heavy atom. The minimum Gasteiger partial charge on any atom is -0.322 e. The molecule has 0 spiro atoms. The summed E-state index contributed by atoms with van der Waals surface area (Å²) in [5.41, 5.74) is 5.65. The van der Waals surface area contributed by atoms with Crippen molar-refractivity contribution in [2.75, 3.05) is 0 Å². The molecule has 0 aromatic heterocycles. The predicted octanol–water partition coefficient (Wildman–Crippen LogP) is 2.09. The van der Waals surface area contributed by atoms with Gasteiger partial charge in [0, 0.05) is 31.1 Å². The summed E-state index contributed by atoms with van der Waals surface area (Å²) in [6.07, 6.45) is 3.94. The molecule has 1 saturated heterocycles. The van der Waals surface area contributed by atoms with Crippen LogP contribution in [0.2, 0.25) is 0 Å². The van der Waals surface area contributed by atoms with Gasteiger partial charge in [-0.2, -0.15) is 0 Å². The monoisotopic (exact) mass is 403 g/mol. The second-order valence-electron chi connectivity index (χ2n) is 8.48. The molecule has 6 nitrogen and oxygen atoms in total. The summed E-state index contributed by atoms with van der Waals surface area (Å²) in [6, 6.07) is 14.5. The van der Waals surface area contributed by atoms with E-state index in [-0.39, 0.29) is 24.1 Å². The van der Waals surface area contributed by atoms with Gasteiger partial charge < -0.3 is 10.2 Å². The summed E-state index contributed by atoms with van der Waals surface area (Å²) < 4.78 is 0. The Labute approximate surface area is 175 Å². The van der Waals surface area contributed by atoms with Crippen LogP contribution in [0.5, 0.6) is 0 Å². The van der Waals surface area contributed by atoms with E-state index in [2.05, 4.69) is 41.0 Å². The van der Waals surface area contributed by atoms with E-state index >= 15 is 0 Å². The van der Waals surface area contributed by atoms with Gasteiger partial charge in [-0.3, -0.25) is 19.7 Å². The molecular weight excluding hydrogens is 378 g/mol. The Morgan fingerprint density at radius 1 is 0.967 bits per heavy atom. The second kappa shape index (κ2) is 7.69. The summed E-state index contributed by atoms with van der Waals surface area (Å²) in [5, 5.41) is 6.01. The van der Waals surface area contributed by atoms with E-state index in [0.717, 1.165) is 36.9 Å². The molecule has 154 valence electrons.